The molecule has 46 heavy (non-hydrogen) atoms. The van der Waals surface area contributed by atoms with Gasteiger partial charge in [-0.1, -0.05) is 29.8 Å². The summed E-state index contributed by atoms with van der Waals surface area (Å²) in [4.78, 5) is 29.2. The Morgan fingerprint density at radius 2 is 1.76 bits per heavy atom. The summed E-state index contributed by atoms with van der Waals surface area (Å²) in [5.74, 6) is -0.701. The van der Waals surface area contributed by atoms with Crippen molar-refractivity contribution in [2.45, 2.75) is 32.6 Å². The maximum Gasteiger partial charge on any atom is 0.270 e. The minimum atomic E-state index is -3.67. The molecule has 9 nitrogen and oxygen atoms in total. The van der Waals surface area contributed by atoms with Crippen LogP contribution in [0.15, 0.2) is 59.0 Å². The second kappa shape index (κ2) is 11.6. The number of halogens is 1. The molecule has 1 saturated heterocycles. The number of carbonyl (C=O) groups is 2. The van der Waals surface area contributed by atoms with Crippen LogP contribution in [0.2, 0.25) is 0 Å². The third kappa shape index (κ3) is 5.32. The Morgan fingerprint density at radius 1 is 1.04 bits per heavy atom. The molecule has 5 aromatic rings. The fourth-order valence-corrected chi connectivity index (χ4v) is 7.17. The Morgan fingerprint density at radius 3 is 2.43 bits per heavy atom. The molecule has 3 aromatic carbocycles. The molecular formula is C35H37FN4O5S. The molecule has 3 heterocycles. The van der Waals surface area contributed by atoms with Gasteiger partial charge in [-0.15, -0.1) is 0 Å². The van der Waals surface area contributed by atoms with Gasteiger partial charge in [0.05, 0.1) is 17.5 Å². The van der Waals surface area contributed by atoms with Crippen LogP contribution in [0, 0.1) is 19.7 Å². The molecule has 0 bridgehead atoms. The van der Waals surface area contributed by atoms with Crippen LogP contribution in [0.3, 0.4) is 0 Å². The molecule has 0 unspecified atom stereocenters. The van der Waals surface area contributed by atoms with Crippen LogP contribution in [-0.2, 0) is 17.1 Å². The van der Waals surface area contributed by atoms with Crippen LogP contribution >= 0.6 is 0 Å². The summed E-state index contributed by atoms with van der Waals surface area (Å²) in [6.45, 7) is 4.66. The van der Waals surface area contributed by atoms with Crippen molar-refractivity contribution in [1.82, 2.24) is 14.8 Å². The van der Waals surface area contributed by atoms with Gasteiger partial charge < -0.3 is 19.2 Å². The highest BCUT2D eigenvalue weighted by molar-refractivity contribution is 7.92. The molecule has 11 heteroatoms. The van der Waals surface area contributed by atoms with E-state index in [0.29, 0.717) is 76.1 Å². The summed E-state index contributed by atoms with van der Waals surface area (Å²) < 4.78 is 49.1. The van der Waals surface area contributed by atoms with Gasteiger partial charge >= 0.3 is 0 Å². The lowest BCUT2D eigenvalue weighted by Crippen LogP contribution is -2.40. The van der Waals surface area contributed by atoms with Crippen molar-refractivity contribution in [2.24, 2.45) is 7.05 Å². The monoisotopic (exact) mass is 644 g/mol. The standard InChI is InChI=1S/C35H37FN4O5S/c1-20-9-11-22(12-10-20)33-31(34(41)37-3)27-17-26(29(18-30(27)45-33)39(5)46(6,43)44)23-8-7-15-40(19-23)35(42)32-21(2)25-16-24(36)13-14-28(25)38(32)4/h9-14,16-18,23H,7-8,15,19H2,1-6H3,(H,37,41)/t23-/m0/s1. The van der Waals surface area contributed by atoms with Crippen LogP contribution in [0.1, 0.15) is 56.3 Å². The second-order valence-electron chi connectivity index (χ2n) is 12.2. The lowest BCUT2D eigenvalue weighted by atomic mass is 9.87. The first-order chi connectivity index (χ1) is 21.8. The summed E-state index contributed by atoms with van der Waals surface area (Å²) in [7, 11) is 1.18. The van der Waals surface area contributed by atoms with Crippen molar-refractivity contribution < 1.29 is 26.8 Å². The number of furan rings is 1. The number of hydrogen-bond donors (Lipinski definition) is 1. The van der Waals surface area contributed by atoms with Crippen molar-refractivity contribution in [1.29, 1.82) is 0 Å². The van der Waals surface area contributed by atoms with Crippen molar-refractivity contribution in [3.8, 4) is 11.3 Å². The van der Waals surface area contributed by atoms with Gasteiger partial charge in [0.1, 0.15) is 22.9 Å². The number of fused-ring (bicyclic) bond motifs is 2. The smallest absolute Gasteiger partial charge is 0.270 e. The molecule has 2 aromatic heterocycles. The highest BCUT2D eigenvalue weighted by atomic mass is 32.2. The summed E-state index contributed by atoms with van der Waals surface area (Å²) in [6, 6.07) is 15.7. The molecule has 1 atom stereocenters. The predicted molar refractivity (Wildman–Crippen MR) is 179 cm³/mol. The van der Waals surface area contributed by atoms with Crippen LogP contribution in [0.25, 0.3) is 33.2 Å². The number of piperidine rings is 1. The van der Waals surface area contributed by atoms with Crippen molar-refractivity contribution in [3.63, 3.8) is 0 Å². The number of sulfonamides is 1. The van der Waals surface area contributed by atoms with Crippen LogP contribution < -0.4 is 9.62 Å². The normalized spacial score (nSPS) is 15.5. The number of likely N-dealkylation sites (tertiary alicyclic amines) is 1. The molecule has 0 saturated carbocycles. The molecule has 6 rings (SSSR count). The first-order valence-electron chi connectivity index (χ1n) is 15.2. The van der Waals surface area contributed by atoms with E-state index in [1.165, 1.54) is 23.5 Å². The number of nitrogens with one attached hydrogen (secondary N) is 1. The van der Waals surface area contributed by atoms with Gasteiger partial charge in [-0.3, -0.25) is 13.9 Å². The van der Waals surface area contributed by atoms with Gasteiger partial charge in [-0.25, -0.2) is 12.8 Å². The Kier molecular flexibility index (Phi) is 7.92. The summed E-state index contributed by atoms with van der Waals surface area (Å²) in [6.07, 6.45) is 2.53. The molecule has 2 amide bonds. The molecule has 1 N–H and O–H groups in total. The SMILES string of the molecule is CNC(=O)c1c(-c2ccc(C)cc2)oc2cc(N(C)S(C)(=O)=O)c([C@H]3CCCN(C(=O)c4c(C)c5cc(F)ccc5n4C)C3)cc12. The number of hydrogen-bond acceptors (Lipinski definition) is 5. The van der Waals surface area contributed by atoms with Crippen LogP contribution in [0.4, 0.5) is 10.1 Å². The minimum absolute atomic E-state index is 0.170. The van der Waals surface area contributed by atoms with E-state index in [1.54, 1.807) is 35.7 Å². The van der Waals surface area contributed by atoms with E-state index in [4.69, 9.17) is 4.42 Å². The number of nitrogens with zero attached hydrogens (tertiary/aromatic N) is 3. The van der Waals surface area contributed by atoms with E-state index in [-0.39, 0.29) is 23.5 Å². The minimum Gasteiger partial charge on any atom is -0.455 e. The van der Waals surface area contributed by atoms with Gasteiger partial charge in [0.15, 0.2) is 0 Å². The van der Waals surface area contributed by atoms with Crippen LogP contribution in [-0.4, -0.2) is 63.1 Å². The van der Waals surface area contributed by atoms with Crippen LogP contribution in [0.5, 0.6) is 0 Å². The topological polar surface area (TPSA) is 105 Å². The quantitative estimate of drug-likeness (QED) is 0.240. The Bertz CT molecular complexity index is 2130. The molecular weight excluding hydrogens is 607 g/mol. The average molecular weight is 645 g/mol. The van der Waals surface area contributed by atoms with Gasteiger partial charge in [0, 0.05) is 68.1 Å². The first kappa shape index (κ1) is 31.3. The number of aryl methyl sites for hydroxylation is 3. The summed E-state index contributed by atoms with van der Waals surface area (Å²) >= 11 is 0. The molecule has 240 valence electrons. The number of aromatic nitrogens is 1. The zero-order chi connectivity index (χ0) is 33.1. The summed E-state index contributed by atoms with van der Waals surface area (Å²) in [5, 5.41) is 3.97. The highest BCUT2D eigenvalue weighted by Crippen LogP contribution is 2.42. The molecule has 0 aliphatic carbocycles. The highest BCUT2D eigenvalue weighted by Gasteiger charge is 2.33. The van der Waals surface area contributed by atoms with E-state index in [0.717, 1.165) is 22.9 Å². The molecule has 0 spiro atoms. The zero-order valence-electron chi connectivity index (χ0n) is 26.8. The maximum absolute atomic E-state index is 14.1. The van der Waals surface area contributed by atoms with Crippen molar-refractivity contribution in [2.75, 3.05) is 37.7 Å². The Hall–Kier alpha value is -4.64. The third-order valence-electron chi connectivity index (χ3n) is 9.21. The molecule has 1 aliphatic heterocycles. The Labute approximate surface area is 267 Å². The number of amides is 2. The Balaban J connectivity index is 1.48. The van der Waals surface area contributed by atoms with E-state index < -0.39 is 10.0 Å². The van der Waals surface area contributed by atoms with E-state index in [2.05, 4.69) is 5.32 Å². The fourth-order valence-electron chi connectivity index (χ4n) is 6.66. The number of anilines is 1. The van der Waals surface area contributed by atoms with E-state index in [1.807, 2.05) is 44.2 Å². The maximum atomic E-state index is 14.1. The summed E-state index contributed by atoms with van der Waals surface area (Å²) in [5.41, 5.74) is 5.62. The number of benzene rings is 3. The lowest BCUT2D eigenvalue weighted by Gasteiger charge is -2.35. The molecule has 0 radical (unpaired) electrons. The average Bonchev–Trinajstić information content (AvgIpc) is 3.52. The van der Waals surface area contributed by atoms with Gasteiger partial charge in [0.2, 0.25) is 10.0 Å². The second-order valence-corrected chi connectivity index (χ2v) is 14.2. The van der Waals surface area contributed by atoms with E-state index in [9.17, 15) is 22.4 Å². The van der Waals surface area contributed by atoms with Gasteiger partial charge in [-0.05, 0) is 62.1 Å². The number of carbonyl (C=O) groups excluding carboxylic acids is 2. The molecule has 1 fully saturated rings. The van der Waals surface area contributed by atoms with Crippen molar-refractivity contribution in [3.05, 3.63) is 88.4 Å². The van der Waals surface area contributed by atoms with E-state index >= 15 is 0 Å². The fraction of sp³-hybridized carbons (Fsp3) is 0.314. The van der Waals surface area contributed by atoms with Gasteiger partial charge in [0.25, 0.3) is 11.8 Å². The third-order valence-corrected chi connectivity index (χ3v) is 10.4. The number of rotatable bonds is 6. The first-order valence-corrected chi connectivity index (χ1v) is 17.0. The largest absolute Gasteiger partial charge is 0.455 e. The zero-order valence-corrected chi connectivity index (χ0v) is 27.6. The van der Waals surface area contributed by atoms with Gasteiger partial charge in [-0.2, -0.15) is 0 Å². The molecule has 1 aliphatic rings. The predicted octanol–water partition coefficient (Wildman–Crippen LogP) is 6.12. The lowest BCUT2D eigenvalue weighted by molar-refractivity contribution is 0.0697. The van der Waals surface area contributed by atoms with Crippen molar-refractivity contribution >= 4 is 49.4 Å².